The first-order valence-electron chi connectivity index (χ1n) is 5.09. The highest BCUT2D eigenvalue weighted by Gasteiger charge is 2.02. The number of aromatic amines is 1. The molecule has 0 aromatic carbocycles. The Morgan fingerprint density at radius 2 is 2.38 bits per heavy atom. The minimum Gasteiger partial charge on any atom is -0.330 e. The molecule has 2 aromatic heterocycles. The molecule has 3 N–H and O–H groups in total. The van der Waals surface area contributed by atoms with Crippen molar-refractivity contribution in [1.29, 1.82) is 0 Å². The first-order valence-corrected chi connectivity index (χ1v) is 5.97. The predicted molar refractivity (Wildman–Crippen MR) is 64.7 cm³/mol. The minimum atomic E-state index is -0.106. The van der Waals surface area contributed by atoms with E-state index in [2.05, 4.69) is 9.97 Å². The molecule has 84 valence electrons. The molecule has 0 fully saturated rings. The number of rotatable bonds is 4. The topological polar surface area (TPSA) is 71.8 Å². The van der Waals surface area contributed by atoms with Gasteiger partial charge in [0.25, 0.3) is 5.56 Å². The van der Waals surface area contributed by atoms with Crippen LogP contribution in [0.2, 0.25) is 0 Å². The van der Waals surface area contributed by atoms with Crippen molar-refractivity contribution in [3.8, 4) is 0 Å². The molecule has 0 bridgehead atoms. The predicted octanol–water partition coefficient (Wildman–Crippen LogP) is 0.923. The lowest BCUT2D eigenvalue weighted by molar-refractivity contribution is 0.858. The fourth-order valence-electron chi connectivity index (χ4n) is 1.50. The number of aromatic nitrogens is 2. The molecule has 0 aliphatic heterocycles. The Morgan fingerprint density at radius 3 is 3.06 bits per heavy atom. The van der Waals surface area contributed by atoms with Crippen molar-refractivity contribution in [3.05, 3.63) is 50.3 Å². The lowest BCUT2D eigenvalue weighted by atomic mass is 10.2. The first kappa shape index (κ1) is 11.0. The van der Waals surface area contributed by atoms with Gasteiger partial charge < -0.3 is 10.7 Å². The summed E-state index contributed by atoms with van der Waals surface area (Å²) in [5.41, 5.74) is 6.10. The molecule has 4 nitrogen and oxygen atoms in total. The van der Waals surface area contributed by atoms with Gasteiger partial charge in [-0.3, -0.25) is 4.79 Å². The molecule has 0 unspecified atom stereocenters. The third kappa shape index (κ3) is 2.77. The van der Waals surface area contributed by atoms with Crippen LogP contribution in [0.15, 0.2) is 28.4 Å². The van der Waals surface area contributed by atoms with E-state index in [4.69, 9.17) is 5.73 Å². The lowest BCUT2D eigenvalue weighted by Gasteiger charge is -2.01. The van der Waals surface area contributed by atoms with Crippen molar-refractivity contribution in [2.75, 3.05) is 6.54 Å². The molecule has 2 rings (SSSR count). The van der Waals surface area contributed by atoms with E-state index < -0.39 is 0 Å². The van der Waals surface area contributed by atoms with Gasteiger partial charge >= 0.3 is 0 Å². The molecule has 0 saturated carbocycles. The molecule has 16 heavy (non-hydrogen) atoms. The number of nitrogens with two attached hydrogens (primary N) is 1. The van der Waals surface area contributed by atoms with Crippen LogP contribution in [-0.4, -0.2) is 16.5 Å². The molecular weight excluding hydrogens is 222 g/mol. The van der Waals surface area contributed by atoms with Gasteiger partial charge in [-0.15, -0.1) is 11.3 Å². The maximum Gasteiger partial charge on any atom is 0.251 e. The largest absolute Gasteiger partial charge is 0.330 e. The Morgan fingerprint density at radius 1 is 1.50 bits per heavy atom. The fraction of sp³-hybridized carbons (Fsp3) is 0.273. The van der Waals surface area contributed by atoms with E-state index in [1.54, 1.807) is 11.3 Å². The number of thiophene rings is 1. The van der Waals surface area contributed by atoms with Crippen LogP contribution < -0.4 is 11.3 Å². The van der Waals surface area contributed by atoms with Crippen molar-refractivity contribution in [3.63, 3.8) is 0 Å². The fourth-order valence-corrected chi connectivity index (χ4v) is 2.21. The summed E-state index contributed by atoms with van der Waals surface area (Å²) in [6, 6.07) is 5.52. The molecule has 2 aromatic rings. The number of nitrogens with one attached hydrogen (secondary N) is 1. The molecule has 0 aliphatic carbocycles. The smallest absolute Gasteiger partial charge is 0.251 e. The van der Waals surface area contributed by atoms with Crippen LogP contribution in [0.1, 0.15) is 16.4 Å². The van der Waals surface area contributed by atoms with Crippen molar-refractivity contribution in [2.45, 2.75) is 12.8 Å². The second-order valence-corrected chi connectivity index (χ2v) is 4.51. The Labute approximate surface area is 97.2 Å². The van der Waals surface area contributed by atoms with Gasteiger partial charge in [0.1, 0.15) is 5.82 Å². The van der Waals surface area contributed by atoms with Crippen LogP contribution >= 0.6 is 11.3 Å². The minimum absolute atomic E-state index is 0.106. The molecule has 0 aliphatic rings. The molecule has 0 amide bonds. The standard InChI is InChI=1S/C11H13N3OS/c12-4-3-8-6-11(15)14-10(13-8)7-9-2-1-5-16-9/h1-2,5-6H,3-4,7,12H2,(H,13,14,15). The summed E-state index contributed by atoms with van der Waals surface area (Å²) in [5.74, 6) is 0.707. The number of hydrogen-bond acceptors (Lipinski definition) is 4. The van der Waals surface area contributed by atoms with E-state index >= 15 is 0 Å². The van der Waals surface area contributed by atoms with Crippen LogP contribution in [-0.2, 0) is 12.8 Å². The van der Waals surface area contributed by atoms with Crippen molar-refractivity contribution < 1.29 is 0 Å². The van der Waals surface area contributed by atoms with Crippen LogP contribution in [0.4, 0.5) is 0 Å². The second kappa shape index (κ2) is 5.05. The highest BCUT2D eigenvalue weighted by atomic mass is 32.1. The first-order chi connectivity index (χ1) is 7.78. The maximum absolute atomic E-state index is 11.4. The molecule has 0 radical (unpaired) electrons. The van der Waals surface area contributed by atoms with E-state index in [0.29, 0.717) is 25.2 Å². The van der Waals surface area contributed by atoms with Crippen LogP contribution in [0.5, 0.6) is 0 Å². The molecule has 5 heteroatoms. The quantitative estimate of drug-likeness (QED) is 0.828. The maximum atomic E-state index is 11.4. The van der Waals surface area contributed by atoms with E-state index in [1.807, 2.05) is 17.5 Å². The molecule has 0 atom stereocenters. The summed E-state index contributed by atoms with van der Waals surface area (Å²) in [4.78, 5) is 19.7. The molecular formula is C11H13N3OS. The summed E-state index contributed by atoms with van der Waals surface area (Å²) >= 11 is 1.66. The SMILES string of the molecule is NCCc1cc(=O)[nH]c(Cc2cccs2)n1. The van der Waals surface area contributed by atoms with E-state index in [1.165, 1.54) is 10.9 Å². The summed E-state index contributed by atoms with van der Waals surface area (Å²) in [6.45, 7) is 0.509. The van der Waals surface area contributed by atoms with Gasteiger partial charge in [-0.1, -0.05) is 6.07 Å². The Kier molecular flexibility index (Phi) is 3.48. The van der Waals surface area contributed by atoms with E-state index in [-0.39, 0.29) is 5.56 Å². The van der Waals surface area contributed by atoms with Gasteiger partial charge in [-0.25, -0.2) is 4.98 Å². The zero-order valence-electron chi connectivity index (χ0n) is 8.77. The van der Waals surface area contributed by atoms with Gasteiger partial charge in [-0.05, 0) is 18.0 Å². The molecule has 0 saturated heterocycles. The third-order valence-corrected chi connectivity index (χ3v) is 3.04. The Hall–Kier alpha value is -1.46. The van der Waals surface area contributed by atoms with Crippen molar-refractivity contribution >= 4 is 11.3 Å². The van der Waals surface area contributed by atoms with Crippen molar-refractivity contribution in [1.82, 2.24) is 9.97 Å². The summed E-state index contributed by atoms with van der Waals surface area (Å²) in [7, 11) is 0. The number of H-pyrrole nitrogens is 1. The molecule has 2 heterocycles. The Balaban J connectivity index is 2.23. The zero-order valence-corrected chi connectivity index (χ0v) is 9.59. The van der Waals surface area contributed by atoms with Gasteiger partial charge in [0, 0.05) is 29.5 Å². The van der Waals surface area contributed by atoms with E-state index in [9.17, 15) is 4.79 Å². The number of nitrogens with zero attached hydrogens (tertiary/aromatic N) is 1. The lowest BCUT2D eigenvalue weighted by Crippen LogP contribution is -2.15. The van der Waals surface area contributed by atoms with Gasteiger partial charge in [-0.2, -0.15) is 0 Å². The second-order valence-electron chi connectivity index (χ2n) is 3.48. The normalized spacial score (nSPS) is 10.6. The molecule has 0 spiro atoms. The monoisotopic (exact) mass is 235 g/mol. The number of hydrogen-bond donors (Lipinski definition) is 2. The van der Waals surface area contributed by atoms with Crippen LogP contribution in [0, 0.1) is 0 Å². The van der Waals surface area contributed by atoms with Crippen molar-refractivity contribution in [2.24, 2.45) is 5.73 Å². The third-order valence-electron chi connectivity index (χ3n) is 2.17. The highest BCUT2D eigenvalue weighted by Crippen LogP contribution is 2.11. The van der Waals surface area contributed by atoms with Crippen LogP contribution in [0.3, 0.4) is 0 Å². The Bertz CT molecular complexity index is 504. The van der Waals surface area contributed by atoms with Crippen LogP contribution in [0.25, 0.3) is 0 Å². The highest BCUT2D eigenvalue weighted by molar-refractivity contribution is 7.09. The average molecular weight is 235 g/mol. The summed E-state index contributed by atoms with van der Waals surface area (Å²) in [5, 5.41) is 2.01. The van der Waals surface area contributed by atoms with Gasteiger partial charge in [0.15, 0.2) is 0 Å². The summed E-state index contributed by atoms with van der Waals surface area (Å²) in [6.07, 6.45) is 1.31. The summed E-state index contributed by atoms with van der Waals surface area (Å²) < 4.78 is 0. The van der Waals surface area contributed by atoms with Gasteiger partial charge in [0.2, 0.25) is 0 Å². The van der Waals surface area contributed by atoms with E-state index in [0.717, 1.165) is 5.69 Å². The van der Waals surface area contributed by atoms with Gasteiger partial charge in [0.05, 0.1) is 0 Å². The average Bonchev–Trinajstić information content (AvgIpc) is 2.70. The zero-order chi connectivity index (χ0) is 11.4.